The molecule has 5 N–H and O–H groups in total. The van der Waals surface area contributed by atoms with Gasteiger partial charge >= 0.3 is 12.1 Å². The average molecular weight is 445 g/mol. The molecule has 0 unspecified atom stereocenters. The zero-order valence-electron chi connectivity index (χ0n) is 11.9. The summed E-state index contributed by atoms with van der Waals surface area (Å²) in [5, 5.41) is 17.8. The number of alkyl halides is 3. The Labute approximate surface area is 150 Å². The van der Waals surface area contributed by atoms with E-state index in [0.29, 0.717) is 17.1 Å². The summed E-state index contributed by atoms with van der Waals surface area (Å²) in [7, 11) is 0. The van der Waals surface area contributed by atoms with Crippen molar-refractivity contribution in [2.24, 2.45) is 4.99 Å². The Morgan fingerprint density at radius 2 is 2.00 bits per heavy atom. The number of nitrogens with two attached hydrogens (primary N) is 1. The summed E-state index contributed by atoms with van der Waals surface area (Å²) in [6.45, 7) is 0. The van der Waals surface area contributed by atoms with Crippen LogP contribution in [0.3, 0.4) is 0 Å². The van der Waals surface area contributed by atoms with Crippen LogP contribution in [0.2, 0.25) is 0 Å². The highest BCUT2D eigenvalue weighted by molar-refractivity contribution is 9.10. The predicted molar refractivity (Wildman–Crippen MR) is 85.4 cm³/mol. The Morgan fingerprint density at radius 1 is 1.40 bits per heavy atom. The van der Waals surface area contributed by atoms with Crippen LogP contribution in [0, 0.1) is 5.82 Å². The number of benzene rings is 1. The van der Waals surface area contributed by atoms with Crippen molar-refractivity contribution < 1.29 is 32.7 Å². The maximum atomic E-state index is 13.1. The second-order valence-corrected chi connectivity index (χ2v) is 5.58. The van der Waals surface area contributed by atoms with Crippen molar-refractivity contribution in [2.45, 2.75) is 6.18 Å². The normalized spacial score (nSPS) is 11.5. The number of aliphatic imine (C=N–C) groups is 1. The van der Waals surface area contributed by atoms with Gasteiger partial charge in [-0.2, -0.15) is 17.5 Å². The molecule has 0 saturated carbocycles. The van der Waals surface area contributed by atoms with Gasteiger partial charge < -0.3 is 10.8 Å². The molecule has 2 aromatic rings. The van der Waals surface area contributed by atoms with E-state index in [1.54, 1.807) is 5.38 Å². The van der Waals surface area contributed by atoms with Crippen molar-refractivity contribution >= 4 is 50.6 Å². The molecule has 0 aliphatic carbocycles. The van der Waals surface area contributed by atoms with E-state index < -0.39 is 12.1 Å². The first-order valence-electron chi connectivity index (χ1n) is 6.00. The van der Waals surface area contributed by atoms with Gasteiger partial charge in [-0.25, -0.2) is 14.2 Å². The Morgan fingerprint density at radius 3 is 2.40 bits per heavy atom. The van der Waals surface area contributed by atoms with Gasteiger partial charge in [-0.3, -0.25) is 10.7 Å². The molecule has 0 bridgehead atoms. The summed E-state index contributed by atoms with van der Waals surface area (Å²) in [6.07, 6.45) is -5.08. The van der Waals surface area contributed by atoms with Crippen LogP contribution in [0.25, 0.3) is 0 Å². The molecule has 0 radical (unpaired) electrons. The topological polar surface area (TPSA) is 121 Å². The molecule has 0 saturated heterocycles. The minimum atomic E-state index is -5.08. The fraction of sp³-hybridized carbons (Fsp3) is 0.0833. The predicted octanol–water partition coefficient (Wildman–Crippen LogP) is 3.32. The largest absolute Gasteiger partial charge is 0.490 e. The Bertz CT molecular complexity index is 782. The maximum absolute atomic E-state index is 13.1. The standard InChI is InChI=1S/C10H8BrFN4OS.C2HF3O2/c11-6-3-5(1-2-7(6)12)14-10(15-17)9-8(13)4-18-16-9;3-2(4,5)1(6)7/h1-4,17H,13H2,(H,14,15);(H,6,7). The molecule has 25 heavy (non-hydrogen) atoms. The highest BCUT2D eigenvalue weighted by Crippen LogP contribution is 2.23. The van der Waals surface area contributed by atoms with E-state index in [1.165, 1.54) is 18.2 Å². The second-order valence-electron chi connectivity index (χ2n) is 4.09. The molecular formula is C12H9BrF4N4O3S. The third-order valence-corrected chi connectivity index (χ3v) is 3.57. The number of nitrogens with zero attached hydrogens (tertiary/aromatic N) is 2. The van der Waals surface area contributed by atoms with Gasteiger partial charge in [0.1, 0.15) is 11.5 Å². The van der Waals surface area contributed by atoms with E-state index in [0.717, 1.165) is 11.5 Å². The minimum absolute atomic E-state index is 0.104. The average Bonchev–Trinajstić information content (AvgIpc) is 2.94. The molecule has 1 aromatic heterocycles. The molecule has 136 valence electrons. The molecule has 0 aliphatic heterocycles. The number of carbonyl (C=O) groups is 1. The number of rotatable bonds is 2. The summed E-state index contributed by atoms with van der Waals surface area (Å²) in [5.74, 6) is -3.04. The smallest absolute Gasteiger partial charge is 0.475 e. The lowest BCUT2D eigenvalue weighted by Gasteiger charge is -2.03. The molecule has 0 spiro atoms. The number of hydrogen-bond donors (Lipinski definition) is 4. The molecular weight excluding hydrogens is 436 g/mol. The first-order chi connectivity index (χ1) is 11.6. The first kappa shape index (κ1) is 20.8. The number of nitrogen functional groups attached to an aromatic ring is 1. The van der Waals surface area contributed by atoms with Gasteiger partial charge in [-0.1, -0.05) is 0 Å². The summed E-state index contributed by atoms with van der Waals surface area (Å²) >= 11 is 4.21. The van der Waals surface area contributed by atoms with Crippen LogP contribution in [0.1, 0.15) is 5.69 Å². The fourth-order valence-corrected chi connectivity index (χ4v) is 2.18. The number of aliphatic carboxylic acids is 1. The van der Waals surface area contributed by atoms with Crippen LogP contribution >= 0.6 is 27.5 Å². The molecule has 1 aromatic carbocycles. The van der Waals surface area contributed by atoms with Crippen molar-refractivity contribution in [1.29, 1.82) is 0 Å². The third-order valence-electron chi connectivity index (χ3n) is 2.31. The van der Waals surface area contributed by atoms with Crippen molar-refractivity contribution in [3.8, 4) is 0 Å². The maximum Gasteiger partial charge on any atom is 0.490 e. The SMILES string of the molecule is Nc1csnc1C(=Nc1ccc(F)c(Br)c1)NO.O=C(O)C(F)(F)F. The van der Waals surface area contributed by atoms with E-state index >= 15 is 0 Å². The number of carboxylic acid groups (broad SMARTS) is 1. The number of hydrogen-bond acceptors (Lipinski definition) is 6. The number of halogens is 5. The van der Waals surface area contributed by atoms with Crippen LogP contribution in [0.4, 0.5) is 28.9 Å². The van der Waals surface area contributed by atoms with Crippen LogP contribution in [-0.4, -0.2) is 32.7 Å². The lowest BCUT2D eigenvalue weighted by atomic mass is 10.3. The van der Waals surface area contributed by atoms with Gasteiger partial charge in [0.2, 0.25) is 0 Å². The highest BCUT2D eigenvalue weighted by atomic mass is 79.9. The second kappa shape index (κ2) is 8.73. The summed E-state index contributed by atoms with van der Waals surface area (Å²) in [5.41, 5.74) is 8.81. The minimum Gasteiger partial charge on any atom is -0.475 e. The number of hydroxylamine groups is 1. The highest BCUT2D eigenvalue weighted by Gasteiger charge is 2.38. The van der Waals surface area contributed by atoms with Crippen LogP contribution in [0.15, 0.2) is 33.0 Å². The quantitative estimate of drug-likeness (QED) is 0.244. The number of amidine groups is 1. The van der Waals surface area contributed by atoms with Crippen LogP contribution in [-0.2, 0) is 4.79 Å². The monoisotopic (exact) mass is 444 g/mol. The van der Waals surface area contributed by atoms with Crippen molar-refractivity contribution in [3.05, 3.63) is 39.6 Å². The van der Waals surface area contributed by atoms with Crippen LogP contribution in [0.5, 0.6) is 0 Å². The summed E-state index contributed by atoms with van der Waals surface area (Å²) in [6, 6.07) is 4.22. The Balaban J connectivity index is 0.000000381. The zero-order valence-corrected chi connectivity index (χ0v) is 14.3. The van der Waals surface area contributed by atoms with Crippen molar-refractivity contribution in [3.63, 3.8) is 0 Å². The summed E-state index contributed by atoms with van der Waals surface area (Å²) in [4.78, 5) is 13.0. The summed E-state index contributed by atoms with van der Waals surface area (Å²) < 4.78 is 49.1. The fourth-order valence-electron chi connectivity index (χ4n) is 1.24. The van der Waals surface area contributed by atoms with Gasteiger partial charge in [0.15, 0.2) is 5.84 Å². The van der Waals surface area contributed by atoms with E-state index in [1.807, 2.05) is 5.48 Å². The van der Waals surface area contributed by atoms with E-state index in [9.17, 15) is 17.6 Å². The van der Waals surface area contributed by atoms with Gasteiger partial charge in [0.05, 0.1) is 15.8 Å². The Hall–Kier alpha value is -2.25. The molecule has 0 aliphatic rings. The van der Waals surface area contributed by atoms with Gasteiger partial charge in [0, 0.05) is 5.38 Å². The van der Waals surface area contributed by atoms with Gasteiger partial charge in [-0.05, 0) is 45.7 Å². The lowest BCUT2D eigenvalue weighted by Crippen LogP contribution is -2.21. The molecule has 0 fully saturated rings. The molecule has 0 atom stereocenters. The molecule has 7 nitrogen and oxygen atoms in total. The van der Waals surface area contributed by atoms with Crippen molar-refractivity contribution in [1.82, 2.24) is 9.85 Å². The molecule has 13 heteroatoms. The number of nitrogens with one attached hydrogen (secondary N) is 1. The third kappa shape index (κ3) is 6.28. The first-order valence-corrected chi connectivity index (χ1v) is 7.63. The van der Waals surface area contributed by atoms with Gasteiger partial charge in [0.25, 0.3) is 0 Å². The lowest BCUT2D eigenvalue weighted by molar-refractivity contribution is -0.192. The number of carboxylic acids is 1. The van der Waals surface area contributed by atoms with E-state index in [2.05, 4.69) is 25.3 Å². The number of aromatic nitrogens is 1. The van der Waals surface area contributed by atoms with Crippen molar-refractivity contribution in [2.75, 3.05) is 5.73 Å². The van der Waals surface area contributed by atoms with E-state index in [4.69, 9.17) is 20.8 Å². The zero-order chi connectivity index (χ0) is 19.2. The molecule has 2 rings (SSSR count). The Kier molecular flexibility index (Phi) is 7.26. The number of anilines is 1. The molecule has 0 amide bonds. The van der Waals surface area contributed by atoms with Gasteiger partial charge in [-0.15, -0.1) is 0 Å². The van der Waals surface area contributed by atoms with Crippen LogP contribution < -0.4 is 11.2 Å². The molecule has 1 heterocycles. The van der Waals surface area contributed by atoms with E-state index in [-0.39, 0.29) is 16.1 Å².